The van der Waals surface area contributed by atoms with Crippen LogP contribution >= 0.6 is 0 Å². The highest BCUT2D eigenvalue weighted by molar-refractivity contribution is 5.95. The van der Waals surface area contributed by atoms with Crippen molar-refractivity contribution in [2.75, 3.05) is 0 Å². The van der Waals surface area contributed by atoms with Gasteiger partial charge in [0.2, 0.25) is 0 Å². The smallest absolute Gasteiger partial charge is 0.355 e. The van der Waals surface area contributed by atoms with Crippen LogP contribution in [-0.2, 0) is 22.4 Å². The van der Waals surface area contributed by atoms with Gasteiger partial charge in [0, 0.05) is 18.4 Å². The maximum Gasteiger partial charge on any atom is 0.355 e. The topological polar surface area (TPSA) is 116 Å². The minimum Gasteiger partial charge on any atom is -0.463 e. The summed E-state index contributed by atoms with van der Waals surface area (Å²) in [6.07, 6.45) is 1.34. The number of hydrogen-bond donors (Lipinski definition) is 2. The molecule has 3 rings (SSSR count). The summed E-state index contributed by atoms with van der Waals surface area (Å²) in [6, 6.07) is 14.3. The number of nitrogen functional groups attached to an aromatic ring is 1. The Bertz CT molecular complexity index is 1130. The van der Waals surface area contributed by atoms with Crippen molar-refractivity contribution in [3.05, 3.63) is 76.0 Å². The number of aryl methyl sites for hydroxylation is 2. The summed E-state index contributed by atoms with van der Waals surface area (Å²) < 4.78 is 8.09. The molecule has 0 atom stereocenters. The summed E-state index contributed by atoms with van der Waals surface area (Å²) in [4.78, 5) is 24.8. The molecule has 0 aliphatic rings. The van der Waals surface area contributed by atoms with Gasteiger partial charge >= 0.3 is 11.7 Å². The van der Waals surface area contributed by atoms with Gasteiger partial charge in [0.1, 0.15) is 11.7 Å². The van der Waals surface area contributed by atoms with E-state index >= 15 is 0 Å². The quantitative estimate of drug-likeness (QED) is 0.330. The molecule has 0 aliphatic carbocycles. The highest BCUT2D eigenvalue weighted by Crippen LogP contribution is 2.14. The van der Waals surface area contributed by atoms with E-state index in [1.807, 2.05) is 45.0 Å². The van der Waals surface area contributed by atoms with Gasteiger partial charge in [0.25, 0.3) is 0 Å². The summed E-state index contributed by atoms with van der Waals surface area (Å²) in [7, 11) is 0. The lowest BCUT2D eigenvalue weighted by Crippen LogP contribution is -2.23. The van der Waals surface area contributed by atoms with Crippen LogP contribution < -0.4 is 11.4 Å². The molecule has 8 heteroatoms. The lowest BCUT2D eigenvalue weighted by atomic mass is 10.1. The van der Waals surface area contributed by atoms with Crippen molar-refractivity contribution in [3.8, 4) is 11.4 Å². The number of carbonyl (C=O) groups is 1. The average Bonchev–Trinajstić information content (AvgIpc) is 3.08. The fourth-order valence-electron chi connectivity index (χ4n) is 3.23. The zero-order chi connectivity index (χ0) is 22.5. The van der Waals surface area contributed by atoms with E-state index in [2.05, 4.69) is 5.10 Å². The molecule has 0 spiro atoms. The Hall–Kier alpha value is -3.68. The third-order valence-corrected chi connectivity index (χ3v) is 4.76. The van der Waals surface area contributed by atoms with Gasteiger partial charge in [-0.05, 0) is 62.2 Å². The number of aromatic nitrogens is 3. The van der Waals surface area contributed by atoms with Crippen LogP contribution in [0.25, 0.3) is 11.4 Å². The van der Waals surface area contributed by atoms with Gasteiger partial charge in [-0.3, -0.25) is 10.2 Å². The van der Waals surface area contributed by atoms with Crippen LogP contribution in [0.4, 0.5) is 0 Å². The summed E-state index contributed by atoms with van der Waals surface area (Å²) >= 11 is 0. The summed E-state index contributed by atoms with van der Waals surface area (Å²) in [5.41, 5.74) is 8.10. The van der Waals surface area contributed by atoms with Crippen LogP contribution in [0, 0.1) is 5.41 Å². The number of hydrogen-bond acceptors (Lipinski definition) is 5. The monoisotopic (exact) mass is 421 g/mol. The van der Waals surface area contributed by atoms with Crippen molar-refractivity contribution in [1.29, 1.82) is 5.41 Å². The van der Waals surface area contributed by atoms with E-state index in [0.717, 1.165) is 5.56 Å². The molecule has 0 saturated carbocycles. The first-order valence-corrected chi connectivity index (χ1v) is 10.2. The molecule has 0 unspecified atom stereocenters. The lowest BCUT2D eigenvalue weighted by Gasteiger charge is -2.08. The standard InChI is InChI=1S/C23H27N5O3/c1-4-20-26-28(19-12-8-17(9-13-19)22(24)25)23(30)27(20)18-10-5-16(6-11-18)7-14-21(29)31-15(2)3/h5-6,8-13,15H,4,7,14H2,1-3H3,(H3,24,25). The van der Waals surface area contributed by atoms with E-state index in [4.69, 9.17) is 15.9 Å². The first-order chi connectivity index (χ1) is 14.8. The SMILES string of the molecule is CCc1nn(-c2ccc(C(=N)N)cc2)c(=O)n1-c1ccc(CCC(=O)OC(C)C)cc1. The van der Waals surface area contributed by atoms with Crippen molar-refractivity contribution in [2.45, 2.75) is 46.1 Å². The average molecular weight is 422 g/mol. The molecule has 0 fully saturated rings. The van der Waals surface area contributed by atoms with Crippen LogP contribution in [0.1, 0.15) is 44.1 Å². The molecule has 0 aliphatic heterocycles. The molecule has 3 aromatic rings. The Balaban J connectivity index is 1.85. The molecule has 0 amide bonds. The van der Waals surface area contributed by atoms with Crippen LogP contribution in [0.3, 0.4) is 0 Å². The maximum atomic E-state index is 13.1. The van der Waals surface area contributed by atoms with E-state index in [1.165, 1.54) is 4.68 Å². The number of amidine groups is 1. The fourth-order valence-corrected chi connectivity index (χ4v) is 3.23. The highest BCUT2D eigenvalue weighted by Gasteiger charge is 2.15. The van der Waals surface area contributed by atoms with Crippen molar-refractivity contribution >= 4 is 11.8 Å². The molecular formula is C23H27N5O3. The summed E-state index contributed by atoms with van der Waals surface area (Å²) in [6.45, 7) is 5.59. The first kappa shape index (κ1) is 22.0. The van der Waals surface area contributed by atoms with Crippen LogP contribution in [0.2, 0.25) is 0 Å². The maximum absolute atomic E-state index is 13.1. The van der Waals surface area contributed by atoms with Crippen molar-refractivity contribution in [2.24, 2.45) is 5.73 Å². The van der Waals surface area contributed by atoms with E-state index in [-0.39, 0.29) is 23.6 Å². The summed E-state index contributed by atoms with van der Waals surface area (Å²) in [5.74, 6) is 0.380. The molecule has 0 radical (unpaired) electrons. The fraction of sp³-hybridized carbons (Fsp3) is 0.304. The third kappa shape index (κ3) is 5.09. The molecule has 0 saturated heterocycles. The Labute approximate surface area is 180 Å². The predicted molar refractivity (Wildman–Crippen MR) is 119 cm³/mol. The second kappa shape index (κ2) is 9.42. The van der Waals surface area contributed by atoms with Crippen LogP contribution in [0.15, 0.2) is 53.3 Å². The van der Waals surface area contributed by atoms with Crippen molar-refractivity contribution in [3.63, 3.8) is 0 Å². The second-order valence-corrected chi connectivity index (χ2v) is 7.47. The molecular weight excluding hydrogens is 394 g/mol. The minimum absolute atomic E-state index is 0.0313. The van der Waals surface area contributed by atoms with Gasteiger partial charge in [-0.1, -0.05) is 19.1 Å². The molecule has 2 aromatic carbocycles. The zero-order valence-electron chi connectivity index (χ0n) is 18.0. The Morgan fingerprint density at radius 3 is 2.26 bits per heavy atom. The minimum atomic E-state index is -0.277. The van der Waals surface area contributed by atoms with E-state index in [1.54, 1.807) is 28.8 Å². The van der Waals surface area contributed by atoms with Crippen molar-refractivity contribution in [1.82, 2.24) is 14.3 Å². The molecule has 1 aromatic heterocycles. The number of carbonyl (C=O) groups excluding carboxylic acids is 1. The number of nitrogens with one attached hydrogen (secondary N) is 1. The van der Waals surface area contributed by atoms with Gasteiger partial charge in [-0.15, -0.1) is 5.10 Å². The number of nitrogens with two attached hydrogens (primary N) is 1. The van der Waals surface area contributed by atoms with Crippen LogP contribution in [-0.4, -0.2) is 32.3 Å². The van der Waals surface area contributed by atoms with Crippen molar-refractivity contribution < 1.29 is 9.53 Å². The van der Waals surface area contributed by atoms with Crippen LogP contribution in [0.5, 0.6) is 0 Å². The van der Waals surface area contributed by atoms with Gasteiger partial charge in [0.15, 0.2) is 0 Å². The number of ether oxygens (including phenoxy) is 1. The highest BCUT2D eigenvalue weighted by atomic mass is 16.5. The van der Waals surface area contributed by atoms with Gasteiger partial charge in [0.05, 0.1) is 17.5 Å². The zero-order valence-corrected chi connectivity index (χ0v) is 18.0. The number of benzene rings is 2. The van der Waals surface area contributed by atoms with Gasteiger partial charge < -0.3 is 10.5 Å². The Kier molecular flexibility index (Phi) is 6.69. The lowest BCUT2D eigenvalue weighted by molar-refractivity contribution is -0.147. The first-order valence-electron chi connectivity index (χ1n) is 10.2. The number of rotatable bonds is 8. The van der Waals surface area contributed by atoms with E-state index in [0.29, 0.717) is 42.0 Å². The molecule has 162 valence electrons. The van der Waals surface area contributed by atoms with E-state index in [9.17, 15) is 9.59 Å². The predicted octanol–water partition coefficient (Wildman–Crippen LogP) is 2.75. The molecule has 8 nitrogen and oxygen atoms in total. The molecule has 3 N–H and O–H groups in total. The third-order valence-electron chi connectivity index (χ3n) is 4.76. The number of esters is 1. The Morgan fingerprint density at radius 2 is 1.71 bits per heavy atom. The molecule has 1 heterocycles. The largest absolute Gasteiger partial charge is 0.463 e. The molecule has 0 bridgehead atoms. The Morgan fingerprint density at radius 1 is 1.10 bits per heavy atom. The summed E-state index contributed by atoms with van der Waals surface area (Å²) in [5, 5.41) is 12.0. The van der Waals surface area contributed by atoms with Gasteiger partial charge in [-0.2, -0.15) is 4.68 Å². The van der Waals surface area contributed by atoms with Gasteiger partial charge in [-0.25, -0.2) is 9.36 Å². The normalized spacial score (nSPS) is 11.0. The second-order valence-electron chi connectivity index (χ2n) is 7.47. The van der Waals surface area contributed by atoms with E-state index < -0.39 is 0 Å². The number of nitrogens with zero attached hydrogens (tertiary/aromatic N) is 3. The molecule has 31 heavy (non-hydrogen) atoms.